The quantitative estimate of drug-likeness (QED) is 0.214. The Balaban J connectivity index is 0.00000420. The van der Waals surface area contributed by atoms with Crippen LogP contribution in [0.1, 0.15) is 58.4 Å². The standard InChI is InChI=1S/C22H40N6.HI/c1-5-7-8-9-11-19(3)26-22(23-6-2)25-18-20-12-10-13-24-21(20)28-16-14-27(4)15-17-28;/h10,12-13,19H,5-9,11,14-18H2,1-4H3,(H2,23,25,26);1H. The van der Waals surface area contributed by atoms with E-state index >= 15 is 0 Å². The van der Waals surface area contributed by atoms with E-state index in [4.69, 9.17) is 4.99 Å². The van der Waals surface area contributed by atoms with Crippen LogP contribution in [-0.4, -0.2) is 61.7 Å². The summed E-state index contributed by atoms with van der Waals surface area (Å²) >= 11 is 0. The lowest BCUT2D eigenvalue weighted by Crippen LogP contribution is -2.45. The van der Waals surface area contributed by atoms with Crippen molar-refractivity contribution in [3.8, 4) is 0 Å². The molecule has 1 saturated heterocycles. The van der Waals surface area contributed by atoms with Gasteiger partial charge in [-0.1, -0.05) is 38.7 Å². The molecule has 0 saturated carbocycles. The maximum absolute atomic E-state index is 4.86. The van der Waals surface area contributed by atoms with Crippen LogP contribution in [0.4, 0.5) is 5.82 Å². The Labute approximate surface area is 195 Å². The Bertz CT molecular complexity index is 586. The molecule has 7 heteroatoms. The molecule has 29 heavy (non-hydrogen) atoms. The number of nitrogens with zero attached hydrogens (tertiary/aromatic N) is 4. The van der Waals surface area contributed by atoms with Gasteiger partial charge in [-0.2, -0.15) is 0 Å². The highest BCUT2D eigenvalue weighted by atomic mass is 127. The number of guanidine groups is 1. The molecule has 2 heterocycles. The summed E-state index contributed by atoms with van der Waals surface area (Å²) in [6, 6.07) is 4.60. The first kappa shape index (κ1) is 25.9. The first-order chi connectivity index (χ1) is 13.6. The summed E-state index contributed by atoms with van der Waals surface area (Å²) in [4.78, 5) is 14.3. The molecule has 0 radical (unpaired) electrons. The van der Waals surface area contributed by atoms with E-state index in [0.717, 1.165) is 44.5 Å². The SMILES string of the molecule is CCCCCCC(C)NC(=NCc1cccnc1N1CCN(C)CC1)NCC.I. The van der Waals surface area contributed by atoms with Gasteiger partial charge in [0.2, 0.25) is 0 Å². The van der Waals surface area contributed by atoms with Crippen molar-refractivity contribution in [3.63, 3.8) is 0 Å². The Morgan fingerprint density at radius 2 is 1.93 bits per heavy atom. The molecule has 0 bridgehead atoms. The number of nitrogens with one attached hydrogen (secondary N) is 2. The number of hydrogen-bond acceptors (Lipinski definition) is 4. The lowest BCUT2D eigenvalue weighted by molar-refractivity contribution is 0.312. The number of halogens is 1. The van der Waals surface area contributed by atoms with Gasteiger partial charge < -0.3 is 20.4 Å². The van der Waals surface area contributed by atoms with Crippen molar-refractivity contribution < 1.29 is 0 Å². The second-order valence-corrected chi connectivity index (χ2v) is 7.87. The van der Waals surface area contributed by atoms with Crippen LogP contribution in [0.15, 0.2) is 23.3 Å². The third-order valence-corrected chi connectivity index (χ3v) is 5.30. The summed E-state index contributed by atoms with van der Waals surface area (Å²) in [6.45, 7) is 12.3. The average molecular weight is 517 g/mol. The minimum absolute atomic E-state index is 0. The molecule has 1 unspecified atom stereocenters. The monoisotopic (exact) mass is 516 g/mol. The molecule has 0 aromatic carbocycles. The highest BCUT2D eigenvalue weighted by molar-refractivity contribution is 14.0. The van der Waals surface area contributed by atoms with E-state index in [1.165, 1.54) is 37.7 Å². The number of rotatable bonds is 10. The van der Waals surface area contributed by atoms with Crippen molar-refractivity contribution in [1.29, 1.82) is 0 Å². The van der Waals surface area contributed by atoms with E-state index in [9.17, 15) is 0 Å². The van der Waals surface area contributed by atoms with Crippen molar-refractivity contribution in [2.45, 2.75) is 65.5 Å². The third-order valence-electron chi connectivity index (χ3n) is 5.30. The second kappa shape index (κ2) is 14.8. The zero-order valence-corrected chi connectivity index (χ0v) is 21.1. The molecule has 1 aliphatic heterocycles. The van der Waals surface area contributed by atoms with E-state index in [-0.39, 0.29) is 24.0 Å². The van der Waals surface area contributed by atoms with Gasteiger partial charge >= 0.3 is 0 Å². The van der Waals surface area contributed by atoms with E-state index in [1.54, 1.807) is 0 Å². The summed E-state index contributed by atoms with van der Waals surface area (Å²) in [6.07, 6.45) is 8.29. The first-order valence-electron chi connectivity index (χ1n) is 11.1. The largest absolute Gasteiger partial charge is 0.357 e. The Hall–Kier alpha value is -1.09. The summed E-state index contributed by atoms with van der Waals surface area (Å²) in [7, 11) is 2.18. The van der Waals surface area contributed by atoms with Gasteiger partial charge in [0.15, 0.2) is 5.96 Å². The number of pyridine rings is 1. The molecular weight excluding hydrogens is 475 g/mol. The molecule has 1 fully saturated rings. The molecule has 6 nitrogen and oxygen atoms in total. The van der Waals surface area contributed by atoms with Gasteiger partial charge in [-0.3, -0.25) is 0 Å². The second-order valence-electron chi connectivity index (χ2n) is 7.87. The van der Waals surface area contributed by atoms with Crippen LogP contribution in [0.25, 0.3) is 0 Å². The van der Waals surface area contributed by atoms with Crippen LogP contribution in [0.3, 0.4) is 0 Å². The average Bonchev–Trinajstić information content (AvgIpc) is 2.70. The van der Waals surface area contributed by atoms with Crippen LogP contribution in [-0.2, 0) is 6.54 Å². The van der Waals surface area contributed by atoms with Gasteiger partial charge in [0.25, 0.3) is 0 Å². The molecule has 0 aliphatic carbocycles. The molecule has 2 N–H and O–H groups in total. The molecule has 1 atom stereocenters. The zero-order valence-electron chi connectivity index (χ0n) is 18.8. The number of aliphatic imine (C=N–C) groups is 1. The topological polar surface area (TPSA) is 55.8 Å². The Morgan fingerprint density at radius 3 is 2.62 bits per heavy atom. The normalized spacial score (nSPS) is 16.3. The fourth-order valence-corrected chi connectivity index (χ4v) is 3.52. The van der Waals surface area contributed by atoms with Crippen LogP contribution < -0.4 is 15.5 Å². The van der Waals surface area contributed by atoms with Crippen molar-refractivity contribution in [2.75, 3.05) is 44.7 Å². The molecule has 1 aromatic heterocycles. The fraction of sp³-hybridized carbons (Fsp3) is 0.727. The highest BCUT2D eigenvalue weighted by Crippen LogP contribution is 2.19. The number of hydrogen-bond donors (Lipinski definition) is 2. The van der Waals surface area contributed by atoms with Gasteiger partial charge in [0.1, 0.15) is 5.82 Å². The molecule has 0 amide bonds. The lowest BCUT2D eigenvalue weighted by Gasteiger charge is -2.34. The van der Waals surface area contributed by atoms with E-state index < -0.39 is 0 Å². The van der Waals surface area contributed by atoms with Gasteiger partial charge in [-0.15, -0.1) is 24.0 Å². The summed E-state index contributed by atoms with van der Waals surface area (Å²) in [5, 5.41) is 6.96. The zero-order chi connectivity index (χ0) is 20.2. The molecule has 2 rings (SSSR count). The first-order valence-corrected chi connectivity index (χ1v) is 11.1. The maximum atomic E-state index is 4.86. The predicted octanol–water partition coefficient (Wildman–Crippen LogP) is 3.87. The summed E-state index contributed by atoms with van der Waals surface area (Å²) in [5.41, 5.74) is 1.19. The molecule has 1 aliphatic rings. The number of likely N-dealkylation sites (N-methyl/N-ethyl adjacent to an activating group) is 1. The predicted molar refractivity (Wildman–Crippen MR) is 136 cm³/mol. The van der Waals surface area contributed by atoms with E-state index in [1.807, 2.05) is 12.3 Å². The molecule has 1 aromatic rings. The fourth-order valence-electron chi connectivity index (χ4n) is 3.52. The van der Waals surface area contributed by atoms with Crippen molar-refractivity contribution >= 4 is 35.8 Å². The maximum Gasteiger partial charge on any atom is 0.191 e. The number of anilines is 1. The van der Waals surface area contributed by atoms with Crippen molar-refractivity contribution in [1.82, 2.24) is 20.5 Å². The van der Waals surface area contributed by atoms with E-state index in [2.05, 4.69) is 59.3 Å². The van der Waals surface area contributed by atoms with Crippen LogP contribution >= 0.6 is 24.0 Å². The van der Waals surface area contributed by atoms with Gasteiger partial charge in [-0.05, 0) is 33.4 Å². The van der Waals surface area contributed by atoms with Crippen molar-refractivity contribution in [2.24, 2.45) is 4.99 Å². The number of unbranched alkanes of at least 4 members (excludes halogenated alkanes) is 3. The van der Waals surface area contributed by atoms with Crippen LogP contribution in [0, 0.1) is 0 Å². The number of aromatic nitrogens is 1. The van der Waals surface area contributed by atoms with Crippen LogP contribution in [0.2, 0.25) is 0 Å². The number of piperazine rings is 1. The Kier molecular flexibility index (Phi) is 13.3. The Morgan fingerprint density at radius 1 is 1.17 bits per heavy atom. The third kappa shape index (κ3) is 9.51. The summed E-state index contributed by atoms with van der Waals surface area (Å²) in [5.74, 6) is 1.99. The minimum atomic E-state index is 0. The van der Waals surface area contributed by atoms with Gasteiger partial charge in [0, 0.05) is 50.5 Å². The highest BCUT2D eigenvalue weighted by Gasteiger charge is 2.17. The minimum Gasteiger partial charge on any atom is -0.357 e. The van der Waals surface area contributed by atoms with Gasteiger partial charge in [0.05, 0.1) is 6.54 Å². The van der Waals surface area contributed by atoms with E-state index in [0.29, 0.717) is 12.6 Å². The smallest absolute Gasteiger partial charge is 0.191 e. The van der Waals surface area contributed by atoms with Crippen molar-refractivity contribution in [3.05, 3.63) is 23.9 Å². The lowest BCUT2D eigenvalue weighted by atomic mass is 10.1. The summed E-state index contributed by atoms with van der Waals surface area (Å²) < 4.78 is 0. The molecule has 166 valence electrons. The van der Waals surface area contributed by atoms with Gasteiger partial charge in [-0.25, -0.2) is 9.98 Å². The van der Waals surface area contributed by atoms with Crippen LogP contribution in [0.5, 0.6) is 0 Å². The molecule has 0 spiro atoms. The molecular formula is C22H41IN6.